The van der Waals surface area contributed by atoms with Gasteiger partial charge < -0.3 is 10.6 Å². The van der Waals surface area contributed by atoms with Gasteiger partial charge in [-0.25, -0.2) is 9.38 Å². The molecule has 1 saturated carbocycles. The third kappa shape index (κ3) is 2.75. The van der Waals surface area contributed by atoms with Crippen LogP contribution in [0.4, 0.5) is 4.39 Å². The molecule has 0 atom stereocenters. The van der Waals surface area contributed by atoms with Crippen LogP contribution in [0.15, 0.2) is 29.3 Å². The van der Waals surface area contributed by atoms with Crippen LogP contribution in [0.3, 0.4) is 0 Å². The molecule has 0 unspecified atom stereocenters. The molecule has 2 rings (SSSR count). The minimum absolute atomic E-state index is 0.165. The molecule has 1 aromatic rings. The molecule has 0 spiro atoms. The van der Waals surface area contributed by atoms with Crippen molar-refractivity contribution in [1.29, 1.82) is 0 Å². The van der Waals surface area contributed by atoms with Crippen LogP contribution < -0.4 is 5.73 Å². The summed E-state index contributed by atoms with van der Waals surface area (Å²) in [6.07, 6.45) is 1.91. The van der Waals surface area contributed by atoms with Gasteiger partial charge in [-0.2, -0.15) is 0 Å². The third-order valence-corrected chi connectivity index (χ3v) is 3.21. The summed E-state index contributed by atoms with van der Waals surface area (Å²) < 4.78 is 13.0. The maximum Gasteiger partial charge on any atom is 0.190 e. The molecule has 92 valence electrons. The van der Waals surface area contributed by atoms with E-state index in [9.17, 15) is 4.39 Å². The van der Waals surface area contributed by atoms with Crippen molar-refractivity contribution < 1.29 is 4.39 Å². The fraction of sp³-hybridized carbons (Fsp3) is 0.462. The molecular weight excluding hydrogens is 217 g/mol. The molecule has 0 amide bonds. The predicted octanol–water partition coefficient (Wildman–Crippen LogP) is 1.95. The zero-order valence-electron chi connectivity index (χ0n) is 10.2. The summed E-state index contributed by atoms with van der Waals surface area (Å²) in [5.74, 6) is 0.823. The highest BCUT2D eigenvalue weighted by molar-refractivity contribution is 5.77. The second-order valence-corrected chi connectivity index (χ2v) is 4.76. The molecule has 0 heterocycles. The van der Waals surface area contributed by atoms with Crippen LogP contribution >= 0.6 is 0 Å². The van der Waals surface area contributed by atoms with Gasteiger partial charge in [-0.1, -0.05) is 12.1 Å². The van der Waals surface area contributed by atoms with Gasteiger partial charge in [0.05, 0.1) is 6.04 Å². The highest BCUT2D eigenvalue weighted by Crippen LogP contribution is 2.38. The van der Waals surface area contributed by atoms with Gasteiger partial charge in [0.2, 0.25) is 0 Å². The van der Waals surface area contributed by atoms with E-state index in [1.165, 1.54) is 6.07 Å². The van der Waals surface area contributed by atoms with Crippen molar-refractivity contribution in [2.45, 2.75) is 24.8 Å². The monoisotopic (exact) mass is 235 g/mol. The Kier molecular flexibility index (Phi) is 3.31. The Labute approximate surface area is 101 Å². The van der Waals surface area contributed by atoms with Crippen molar-refractivity contribution in [2.75, 3.05) is 14.1 Å². The number of nitrogens with zero attached hydrogens (tertiary/aromatic N) is 2. The van der Waals surface area contributed by atoms with Crippen LogP contribution in [0.5, 0.6) is 0 Å². The summed E-state index contributed by atoms with van der Waals surface area (Å²) >= 11 is 0. The first-order valence-electron chi connectivity index (χ1n) is 5.82. The van der Waals surface area contributed by atoms with E-state index in [2.05, 4.69) is 4.99 Å². The van der Waals surface area contributed by atoms with E-state index in [1.54, 1.807) is 17.0 Å². The van der Waals surface area contributed by atoms with E-state index in [1.807, 2.05) is 20.2 Å². The Bertz CT molecular complexity index is 422. The zero-order valence-corrected chi connectivity index (χ0v) is 10.2. The smallest absolute Gasteiger partial charge is 0.190 e. The molecule has 1 fully saturated rings. The Morgan fingerprint density at radius 1 is 1.41 bits per heavy atom. The van der Waals surface area contributed by atoms with Gasteiger partial charge in [0.1, 0.15) is 5.82 Å². The molecule has 4 heteroatoms. The topological polar surface area (TPSA) is 41.6 Å². The Balaban J connectivity index is 1.93. The maximum atomic E-state index is 13.0. The van der Waals surface area contributed by atoms with E-state index in [0.29, 0.717) is 11.9 Å². The number of aliphatic imine (C=N–C) groups is 1. The largest absolute Gasteiger partial charge is 0.370 e. The van der Waals surface area contributed by atoms with Gasteiger partial charge >= 0.3 is 0 Å². The quantitative estimate of drug-likeness (QED) is 0.629. The molecule has 3 nitrogen and oxygen atoms in total. The maximum absolute atomic E-state index is 13.0. The van der Waals surface area contributed by atoms with Crippen molar-refractivity contribution in [3.8, 4) is 0 Å². The van der Waals surface area contributed by atoms with Gasteiger partial charge in [-0.15, -0.1) is 0 Å². The van der Waals surface area contributed by atoms with Gasteiger partial charge in [0, 0.05) is 14.1 Å². The summed E-state index contributed by atoms with van der Waals surface area (Å²) in [7, 11) is 3.75. The lowest BCUT2D eigenvalue weighted by Crippen LogP contribution is -2.35. The number of nitrogens with two attached hydrogens (primary N) is 1. The van der Waals surface area contributed by atoms with Gasteiger partial charge in [0.25, 0.3) is 0 Å². The van der Waals surface area contributed by atoms with Crippen molar-refractivity contribution >= 4 is 5.96 Å². The van der Waals surface area contributed by atoms with Crippen molar-refractivity contribution in [3.63, 3.8) is 0 Å². The summed E-state index contributed by atoms with van der Waals surface area (Å²) in [6, 6.07) is 7.10. The minimum atomic E-state index is -0.165. The fourth-order valence-electron chi connectivity index (χ4n) is 2.03. The number of rotatable bonds is 2. The minimum Gasteiger partial charge on any atom is -0.370 e. The Morgan fingerprint density at radius 2 is 2.12 bits per heavy atom. The lowest BCUT2D eigenvalue weighted by molar-refractivity contribution is 0.349. The molecule has 1 aliphatic rings. The predicted molar refractivity (Wildman–Crippen MR) is 67.5 cm³/mol. The summed E-state index contributed by atoms with van der Waals surface area (Å²) in [6.45, 7) is 0. The average molecular weight is 235 g/mol. The van der Waals surface area contributed by atoms with E-state index in [-0.39, 0.29) is 11.9 Å². The van der Waals surface area contributed by atoms with Crippen molar-refractivity contribution in [1.82, 2.24) is 4.90 Å². The van der Waals surface area contributed by atoms with Crippen LogP contribution in [0.25, 0.3) is 0 Å². The first-order chi connectivity index (χ1) is 8.06. The average Bonchev–Trinajstić information content (AvgIpc) is 2.22. The first-order valence-corrected chi connectivity index (χ1v) is 5.82. The lowest BCUT2D eigenvalue weighted by atomic mass is 9.76. The molecule has 0 aliphatic heterocycles. The second kappa shape index (κ2) is 4.73. The molecule has 2 N–H and O–H groups in total. The van der Waals surface area contributed by atoms with Crippen molar-refractivity contribution in [2.24, 2.45) is 10.7 Å². The van der Waals surface area contributed by atoms with Crippen LogP contribution in [0, 0.1) is 5.82 Å². The molecule has 17 heavy (non-hydrogen) atoms. The third-order valence-electron chi connectivity index (χ3n) is 3.21. The van der Waals surface area contributed by atoms with Crippen LogP contribution in [-0.4, -0.2) is 31.0 Å². The summed E-state index contributed by atoms with van der Waals surface area (Å²) in [5, 5.41) is 0. The number of guanidine groups is 1. The molecule has 1 aromatic carbocycles. The molecule has 1 aliphatic carbocycles. The van der Waals surface area contributed by atoms with Gasteiger partial charge in [-0.3, -0.25) is 0 Å². The van der Waals surface area contributed by atoms with Crippen LogP contribution in [-0.2, 0) is 0 Å². The van der Waals surface area contributed by atoms with E-state index in [0.717, 1.165) is 18.4 Å². The lowest BCUT2D eigenvalue weighted by Gasteiger charge is -2.33. The van der Waals surface area contributed by atoms with Crippen LogP contribution in [0.2, 0.25) is 0 Å². The van der Waals surface area contributed by atoms with Crippen LogP contribution in [0.1, 0.15) is 24.3 Å². The van der Waals surface area contributed by atoms with E-state index >= 15 is 0 Å². The molecule has 0 saturated heterocycles. The Hall–Kier alpha value is -1.58. The molecule has 0 radical (unpaired) electrons. The second-order valence-electron chi connectivity index (χ2n) is 4.76. The fourth-order valence-corrected chi connectivity index (χ4v) is 2.03. The number of halogens is 1. The van der Waals surface area contributed by atoms with E-state index < -0.39 is 0 Å². The number of hydrogen-bond acceptors (Lipinski definition) is 1. The molecule has 0 bridgehead atoms. The SMILES string of the molecule is CN(C)C(N)=NC1CC(c2cccc(F)c2)C1. The van der Waals surface area contributed by atoms with E-state index in [4.69, 9.17) is 5.73 Å². The standard InChI is InChI=1S/C13H18FN3/c1-17(2)13(15)16-12-7-10(8-12)9-4-3-5-11(14)6-9/h3-6,10,12H,7-8H2,1-2H3,(H2,15,16). The summed E-state index contributed by atoms with van der Waals surface area (Å²) in [4.78, 5) is 6.21. The zero-order chi connectivity index (χ0) is 12.4. The number of hydrogen-bond donors (Lipinski definition) is 1. The summed E-state index contributed by atoms with van der Waals surface area (Å²) in [5.41, 5.74) is 6.82. The van der Waals surface area contributed by atoms with Gasteiger partial charge in [0.15, 0.2) is 5.96 Å². The molecule has 0 aromatic heterocycles. The highest BCUT2D eigenvalue weighted by Gasteiger charge is 2.30. The first kappa shape index (κ1) is 11.9. The highest BCUT2D eigenvalue weighted by atomic mass is 19.1. The number of benzene rings is 1. The Morgan fingerprint density at radius 3 is 2.71 bits per heavy atom. The normalized spacial score (nSPS) is 24.3. The van der Waals surface area contributed by atoms with Gasteiger partial charge in [-0.05, 0) is 36.5 Å². The molecular formula is C13H18FN3. The van der Waals surface area contributed by atoms with Crippen molar-refractivity contribution in [3.05, 3.63) is 35.6 Å².